The Hall–Kier alpha value is -2.82. The fourth-order valence-electron chi connectivity index (χ4n) is 2.74. The van der Waals surface area contributed by atoms with Gasteiger partial charge in [-0.15, -0.1) is 0 Å². The standard InChI is InChI=1S/C21H25NO4/c1-13-6-7-15(3)18(10-13)25-12-20(24)26-11-19(23)22-21-16(4)8-14(2)9-17(21)5/h6-10H,11-12H2,1-5H3,(H,22,23). The molecule has 0 bridgehead atoms. The molecule has 0 aliphatic heterocycles. The number of carbonyl (C=O) groups excluding carboxylic acids is 2. The van der Waals surface area contributed by atoms with Gasteiger partial charge in [0.2, 0.25) is 0 Å². The van der Waals surface area contributed by atoms with Crippen molar-refractivity contribution in [3.8, 4) is 5.75 Å². The number of nitrogens with one attached hydrogen (secondary N) is 1. The van der Waals surface area contributed by atoms with Crippen LogP contribution in [0.5, 0.6) is 5.75 Å². The summed E-state index contributed by atoms with van der Waals surface area (Å²) in [6.07, 6.45) is 0. The molecule has 26 heavy (non-hydrogen) atoms. The molecule has 0 atom stereocenters. The number of amides is 1. The summed E-state index contributed by atoms with van der Waals surface area (Å²) in [4.78, 5) is 23.9. The number of rotatable bonds is 6. The van der Waals surface area contributed by atoms with Crippen molar-refractivity contribution in [3.05, 3.63) is 58.1 Å². The molecule has 1 N–H and O–H groups in total. The van der Waals surface area contributed by atoms with Crippen LogP contribution in [0.4, 0.5) is 5.69 Å². The van der Waals surface area contributed by atoms with Gasteiger partial charge in [0.1, 0.15) is 5.75 Å². The third-order valence-corrected chi connectivity index (χ3v) is 3.99. The smallest absolute Gasteiger partial charge is 0.344 e. The van der Waals surface area contributed by atoms with Crippen LogP contribution in [0.2, 0.25) is 0 Å². The van der Waals surface area contributed by atoms with Gasteiger partial charge in [-0.05, 0) is 62.9 Å². The Morgan fingerprint density at radius 2 is 1.50 bits per heavy atom. The molecular weight excluding hydrogens is 330 g/mol. The predicted molar refractivity (Wildman–Crippen MR) is 102 cm³/mol. The normalized spacial score (nSPS) is 10.3. The van der Waals surface area contributed by atoms with E-state index in [-0.39, 0.29) is 19.1 Å². The van der Waals surface area contributed by atoms with Gasteiger partial charge < -0.3 is 14.8 Å². The van der Waals surface area contributed by atoms with Crippen molar-refractivity contribution in [2.45, 2.75) is 34.6 Å². The molecule has 0 heterocycles. The van der Waals surface area contributed by atoms with E-state index in [9.17, 15) is 9.59 Å². The Morgan fingerprint density at radius 1 is 0.846 bits per heavy atom. The second-order valence-corrected chi connectivity index (χ2v) is 6.54. The van der Waals surface area contributed by atoms with Gasteiger partial charge in [-0.2, -0.15) is 0 Å². The molecule has 0 aliphatic rings. The summed E-state index contributed by atoms with van der Waals surface area (Å²) in [5.74, 6) is -0.323. The Kier molecular flexibility index (Phi) is 6.39. The van der Waals surface area contributed by atoms with Crippen LogP contribution in [0.1, 0.15) is 27.8 Å². The molecule has 0 unspecified atom stereocenters. The summed E-state index contributed by atoms with van der Waals surface area (Å²) in [7, 11) is 0. The number of ether oxygens (including phenoxy) is 2. The SMILES string of the molecule is Cc1cc(C)c(NC(=O)COC(=O)COc2cc(C)ccc2C)c(C)c1. The van der Waals surface area contributed by atoms with Crippen molar-refractivity contribution in [2.75, 3.05) is 18.5 Å². The average Bonchev–Trinajstić information content (AvgIpc) is 2.57. The molecule has 2 aromatic carbocycles. The van der Waals surface area contributed by atoms with E-state index in [0.717, 1.165) is 33.5 Å². The lowest BCUT2D eigenvalue weighted by Gasteiger charge is -2.13. The molecule has 2 rings (SSSR count). The number of hydrogen-bond donors (Lipinski definition) is 1. The average molecular weight is 355 g/mol. The van der Waals surface area contributed by atoms with Crippen LogP contribution in [0.25, 0.3) is 0 Å². The monoisotopic (exact) mass is 355 g/mol. The molecule has 0 radical (unpaired) electrons. The van der Waals surface area contributed by atoms with Crippen LogP contribution in [0, 0.1) is 34.6 Å². The highest BCUT2D eigenvalue weighted by Gasteiger charge is 2.12. The lowest BCUT2D eigenvalue weighted by molar-refractivity contribution is -0.149. The maximum atomic E-state index is 12.1. The van der Waals surface area contributed by atoms with E-state index in [4.69, 9.17) is 9.47 Å². The van der Waals surface area contributed by atoms with Crippen molar-refractivity contribution in [3.63, 3.8) is 0 Å². The first-order chi connectivity index (χ1) is 12.3. The topological polar surface area (TPSA) is 64.6 Å². The van der Waals surface area contributed by atoms with Gasteiger partial charge in [0.05, 0.1) is 0 Å². The van der Waals surface area contributed by atoms with Gasteiger partial charge in [-0.1, -0.05) is 29.8 Å². The summed E-state index contributed by atoms with van der Waals surface area (Å²) in [5.41, 5.74) is 5.81. The molecular formula is C21H25NO4. The van der Waals surface area contributed by atoms with Crippen LogP contribution in [-0.4, -0.2) is 25.1 Å². The van der Waals surface area contributed by atoms with Crippen molar-refractivity contribution in [2.24, 2.45) is 0 Å². The Bertz CT molecular complexity index is 804. The molecule has 0 aromatic heterocycles. The molecule has 0 saturated carbocycles. The van der Waals surface area contributed by atoms with Crippen molar-refractivity contribution in [1.82, 2.24) is 0 Å². The van der Waals surface area contributed by atoms with Crippen LogP contribution in [0.3, 0.4) is 0 Å². The largest absolute Gasteiger partial charge is 0.482 e. The van der Waals surface area contributed by atoms with Crippen molar-refractivity contribution >= 4 is 17.6 Å². The van der Waals surface area contributed by atoms with E-state index in [1.54, 1.807) is 0 Å². The zero-order valence-corrected chi connectivity index (χ0v) is 15.9. The van der Waals surface area contributed by atoms with Gasteiger partial charge in [-0.3, -0.25) is 4.79 Å². The third-order valence-electron chi connectivity index (χ3n) is 3.99. The molecule has 0 spiro atoms. The quantitative estimate of drug-likeness (QED) is 0.801. The zero-order chi connectivity index (χ0) is 19.3. The first-order valence-electron chi connectivity index (χ1n) is 8.49. The number of aryl methyl sites for hydroxylation is 5. The van der Waals surface area contributed by atoms with Crippen LogP contribution < -0.4 is 10.1 Å². The predicted octanol–water partition coefficient (Wildman–Crippen LogP) is 3.79. The van der Waals surface area contributed by atoms with Gasteiger partial charge in [0.25, 0.3) is 5.91 Å². The van der Waals surface area contributed by atoms with E-state index in [1.807, 2.05) is 65.0 Å². The van der Waals surface area contributed by atoms with Gasteiger partial charge >= 0.3 is 5.97 Å². The maximum Gasteiger partial charge on any atom is 0.344 e. The Labute approximate surface area is 154 Å². The maximum absolute atomic E-state index is 12.1. The molecule has 5 heteroatoms. The van der Waals surface area contributed by atoms with E-state index < -0.39 is 5.97 Å². The Balaban J connectivity index is 1.84. The summed E-state index contributed by atoms with van der Waals surface area (Å²) in [6, 6.07) is 9.74. The molecule has 0 saturated heterocycles. The number of carbonyl (C=O) groups is 2. The van der Waals surface area contributed by atoms with E-state index in [0.29, 0.717) is 5.75 Å². The van der Waals surface area contributed by atoms with Crippen LogP contribution in [0.15, 0.2) is 30.3 Å². The molecule has 1 amide bonds. The number of esters is 1. The molecule has 0 aliphatic carbocycles. The fourth-order valence-corrected chi connectivity index (χ4v) is 2.74. The Morgan fingerprint density at radius 3 is 2.15 bits per heavy atom. The van der Waals surface area contributed by atoms with Gasteiger partial charge in [0.15, 0.2) is 13.2 Å². The summed E-state index contributed by atoms with van der Waals surface area (Å²) in [5, 5.41) is 2.79. The first-order valence-corrected chi connectivity index (χ1v) is 8.49. The number of anilines is 1. The van der Waals surface area contributed by atoms with Crippen LogP contribution >= 0.6 is 0 Å². The lowest BCUT2D eigenvalue weighted by atomic mass is 10.1. The molecule has 0 fully saturated rings. The third kappa shape index (κ3) is 5.34. The lowest BCUT2D eigenvalue weighted by Crippen LogP contribution is -2.24. The fraction of sp³-hybridized carbons (Fsp3) is 0.333. The summed E-state index contributed by atoms with van der Waals surface area (Å²) in [6.45, 7) is 9.13. The van der Waals surface area contributed by atoms with Crippen molar-refractivity contribution in [1.29, 1.82) is 0 Å². The van der Waals surface area contributed by atoms with Gasteiger partial charge in [-0.25, -0.2) is 4.79 Å². The number of hydrogen-bond acceptors (Lipinski definition) is 4. The zero-order valence-electron chi connectivity index (χ0n) is 15.9. The van der Waals surface area contributed by atoms with Crippen molar-refractivity contribution < 1.29 is 19.1 Å². The highest BCUT2D eigenvalue weighted by molar-refractivity contribution is 5.94. The summed E-state index contributed by atoms with van der Waals surface area (Å²) >= 11 is 0. The van der Waals surface area contributed by atoms with Crippen LogP contribution in [-0.2, 0) is 14.3 Å². The minimum atomic E-state index is -0.585. The van der Waals surface area contributed by atoms with E-state index in [2.05, 4.69) is 5.32 Å². The minimum absolute atomic E-state index is 0.236. The highest BCUT2D eigenvalue weighted by Crippen LogP contribution is 2.22. The van der Waals surface area contributed by atoms with Gasteiger partial charge in [0, 0.05) is 5.69 Å². The van der Waals surface area contributed by atoms with E-state index >= 15 is 0 Å². The highest BCUT2D eigenvalue weighted by atomic mass is 16.6. The van der Waals surface area contributed by atoms with E-state index in [1.165, 1.54) is 0 Å². The minimum Gasteiger partial charge on any atom is -0.482 e. The first kappa shape index (κ1) is 19.5. The molecule has 5 nitrogen and oxygen atoms in total. The summed E-state index contributed by atoms with van der Waals surface area (Å²) < 4.78 is 10.5. The number of benzene rings is 2. The molecule has 2 aromatic rings. The molecule has 138 valence electrons. The second kappa shape index (κ2) is 8.52. The second-order valence-electron chi connectivity index (χ2n) is 6.54.